The molecular weight excluding hydrogens is 204 g/mol. The second kappa shape index (κ2) is 3.31. The van der Waals surface area contributed by atoms with Crippen LogP contribution in [0.2, 0.25) is 0 Å². The van der Waals surface area contributed by atoms with E-state index in [1.807, 2.05) is 4.98 Å². The standard InChI is InChI=1S/C7H10N4O4/c1-11(2,3)5-4(10(14)15)6(12)9-7(13)8-5/h1-3H3,(H-,8,9,12,13)/p+1. The second-order valence-corrected chi connectivity index (χ2v) is 3.88. The van der Waals surface area contributed by atoms with Gasteiger partial charge >= 0.3 is 16.9 Å². The molecule has 8 heteroatoms. The molecule has 1 aromatic rings. The van der Waals surface area contributed by atoms with Crippen LogP contribution in [0.1, 0.15) is 0 Å². The summed E-state index contributed by atoms with van der Waals surface area (Å²) in [5, 5.41) is 10.7. The normalized spacial score (nSPS) is 11.4. The highest BCUT2D eigenvalue weighted by molar-refractivity contribution is 5.51. The van der Waals surface area contributed by atoms with Crippen molar-refractivity contribution >= 4 is 11.5 Å². The number of hydrogen-bond acceptors (Lipinski definition) is 4. The molecule has 0 amide bonds. The molecule has 2 N–H and O–H groups in total. The van der Waals surface area contributed by atoms with Crippen molar-refractivity contribution < 1.29 is 4.92 Å². The van der Waals surface area contributed by atoms with Gasteiger partial charge in [0, 0.05) is 0 Å². The van der Waals surface area contributed by atoms with Crippen molar-refractivity contribution in [2.45, 2.75) is 0 Å². The average molecular weight is 215 g/mol. The molecule has 0 saturated carbocycles. The predicted molar refractivity (Wildman–Crippen MR) is 53.9 cm³/mol. The lowest BCUT2D eigenvalue weighted by molar-refractivity contribution is -0.386. The van der Waals surface area contributed by atoms with E-state index in [0.29, 0.717) is 0 Å². The summed E-state index contributed by atoms with van der Waals surface area (Å²) in [7, 11) is 4.83. The molecule has 0 aliphatic rings. The minimum absolute atomic E-state index is 0.0184. The Morgan fingerprint density at radius 1 is 1.20 bits per heavy atom. The van der Waals surface area contributed by atoms with Crippen molar-refractivity contribution in [3.63, 3.8) is 0 Å². The molecule has 0 atom stereocenters. The number of aromatic nitrogens is 2. The largest absolute Gasteiger partial charge is 0.412 e. The van der Waals surface area contributed by atoms with E-state index in [-0.39, 0.29) is 10.3 Å². The van der Waals surface area contributed by atoms with Crippen molar-refractivity contribution in [1.82, 2.24) is 14.5 Å². The lowest BCUT2D eigenvalue weighted by atomic mass is 10.4. The van der Waals surface area contributed by atoms with E-state index >= 15 is 0 Å². The summed E-state index contributed by atoms with van der Waals surface area (Å²) in [6.45, 7) is 0. The van der Waals surface area contributed by atoms with Crippen LogP contribution in [0.25, 0.3) is 0 Å². The number of aromatic amines is 2. The van der Waals surface area contributed by atoms with Crippen LogP contribution < -0.4 is 15.7 Å². The molecule has 0 fully saturated rings. The maximum Gasteiger partial charge on any atom is 0.412 e. The van der Waals surface area contributed by atoms with Crippen molar-refractivity contribution in [1.29, 1.82) is 0 Å². The van der Waals surface area contributed by atoms with E-state index in [1.54, 1.807) is 21.1 Å². The topological polar surface area (TPSA) is 109 Å². The van der Waals surface area contributed by atoms with E-state index in [0.717, 1.165) is 0 Å². The maximum absolute atomic E-state index is 11.2. The molecule has 0 spiro atoms. The van der Waals surface area contributed by atoms with Gasteiger partial charge < -0.3 is 0 Å². The fraction of sp³-hybridized carbons (Fsp3) is 0.429. The summed E-state index contributed by atoms with van der Waals surface area (Å²) in [6, 6.07) is 0. The summed E-state index contributed by atoms with van der Waals surface area (Å²) >= 11 is 0. The Morgan fingerprint density at radius 2 is 1.73 bits per heavy atom. The van der Waals surface area contributed by atoms with Crippen molar-refractivity contribution in [3.8, 4) is 0 Å². The fourth-order valence-electron chi connectivity index (χ4n) is 1.12. The third-order valence-corrected chi connectivity index (χ3v) is 1.75. The number of quaternary nitrogens is 1. The zero-order valence-electron chi connectivity index (χ0n) is 8.53. The Morgan fingerprint density at radius 3 is 2.13 bits per heavy atom. The lowest BCUT2D eigenvalue weighted by Crippen LogP contribution is -2.40. The minimum Gasteiger partial charge on any atom is -0.277 e. The highest BCUT2D eigenvalue weighted by atomic mass is 16.6. The van der Waals surface area contributed by atoms with Crippen LogP contribution in [0.5, 0.6) is 0 Å². The molecule has 0 aliphatic heterocycles. The predicted octanol–water partition coefficient (Wildman–Crippen LogP) is -0.832. The van der Waals surface area contributed by atoms with E-state index in [9.17, 15) is 19.7 Å². The Hall–Kier alpha value is -1.96. The summed E-state index contributed by atoms with van der Waals surface area (Å²) < 4.78 is -0.0184. The Balaban J connectivity index is 3.70. The number of hydrogen-bond donors (Lipinski definition) is 2. The van der Waals surface area contributed by atoms with Gasteiger partial charge in [-0.2, -0.15) is 0 Å². The zero-order valence-corrected chi connectivity index (χ0v) is 8.53. The number of nitro groups is 1. The van der Waals surface area contributed by atoms with E-state index in [1.165, 1.54) is 0 Å². The number of nitrogens with one attached hydrogen (secondary N) is 2. The first-order valence-electron chi connectivity index (χ1n) is 4.06. The van der Waals surface area contributed by atoms with E-state index in [4.69, 9.17) is 0 Å². The van der Waals surface area contributed by atoms with E-state index < -0.39 is 21.9 Å². The second-order valence-electron chi connectivity index (χ2n) is 3.88. The van der Waals surface area contributed by atoms with Crippen LogP contribution in [0.15, 0.2) is 9.59 Å². The summed E-state index contributed by atoms with van der Waals surface area (Å²) in [4.78, 5) is 36.1. The first-order chi connectivity index (χ1) is 6.73. The molecule has 1 heterocycles. The van der Waals surface area contributed by atoms with Gasteiger partial charge in [0.15, 0.2) is 0 Å². The van der Waals surface area contributed by atoms with Crippen molar-refractivity contribution in [2.75, 3.05) is 21.1 Å². The van der Waals surface area contributed by atoms with Gasteiger partial charge in [-0.05, 0) is 0 Å². The maximum atomic E-state index is 11.2. The molecule has 0 saturated heterocycles. The third kappa shape index (κ3) is 2.10. The molecular formula is C7H11N4O4+. The average Bonchev–Trinajstić information content (AvgIpc) is 1.99. The first kappa shape index (κ1) is 11.1. The monoisotopic (exact) mass is 215 g/mol. The van der Waals surface area contributed by atoms with Crippen molar-refractivity contribution in [2.24, 2.45) is 0 Å². The van der Waals surface area contributed by atoms with Gasteiger partial charge in [-0.1, -0.05) is 0 Å². The molecule has 15 heavy (non-hydrogen) atoms. The molecule has 8 nitrogen and oxygen atoms in total. The van der Waals surface area contributed by atoms with Crippen molar-refractivity contribution in [3.05, 3.63) is 31.0 Å². The van der Waals surface area contributed by atoms with Crippen LogP contribution >= 0.6 is 0 Å². The molecule has 0 bridgehead atoms. The van der Waals surface area contributed by atoms with Gasteiger partial charge in [-0.3, -0.25) is 29.4 Å². The number of nitrogens with zero attached hydrogens (tertiary/aromatic N) is 2. The fourth-order valence-corrected chi connectivity index (χ4v) is 1.12. The van der Waals surface area contributed by atoms with Crippen LogP contribution in [0.3, 0.4) is 0 Å². The molecule has 0 aliphatic carbocycles. The third-order valence-electron chi connectivity index (χ3n) is 1.75. The first-order valence-corrected chi connectivity index (χ1v) is 4.06. The van der Waals surface area contributed by atoms with Gasteiger partial charge in [0.05, 0.1) is 26.1 Å². The Bertz CT molecular complexity index is 507. The molecule has 0 aromatic carbocycles. The van der Waals surface area contributed by atoms with Crippen LogP contribution in [0.4, 0.5) is 11.5 Å². The van der Waals surface area contributed by atoms with Gasteiger partial charge in [-0.25, -0.2) is 4.79 Å². The molecule has 1 rings (SSSR count). The van der Waals surface area contributed by atoms with Gasteiger partial charge in [-0.15, -0.1) is 0 Å². The minimum atomic E-state index is -0.994. The molecule has 0 unspecified atom stereocenters. The van der Waals surface area contributed by atoms with Crippen LogP contribution in [0, 0.1) is 10.1 Å². The summed E-state index contributed by atoms with van der Waals surface area (Å²) in [5.74, 6) is -0.0336. The van der Waals surface area contributed by atoms with Crippen LogP contribution in [-0.4, -0.2) is 36.0 Å². The van der Waals surface area contributed by atoms with E-state index in [2.05, 4.69) is 4.98 Å². The van der Waals surface area contributed by atoms with Gasteiger partial charge in [0.25, 0.3) is 5.82 Å². The highest BCUT2D eigenvalue weighted by Gasteiger charge is 2.31. The molecule has 0 radical (unpaired) electrons. The quantitative estimate of drug-likeness (QED) is 0.381. The van der Waals surface area contributed by atoms with Crippen LogP contribution in [-0.2, 0) is 0 Å². The summed E-state index contributed by atoms with van der Waals surface area (Å²) in [6.07, 6.45) is 0. The Labute approximate surface area is 83.9 Å². The number of rotatable bonds is 2. The summed E-state index contributed by atoms with van der Waals surface area (Å²) in [5.41, 5.74) is -2.39. The number of H-pyrrole nitrogens is 2. The smallest absolute Gasteiger partial charge is 0.277 e. The van der Waals surface area contributed by atoms with Gasteiger partial charge in [0.2, 0.25) is 0 Å². The lowest BCUT2D eigenvalue weighted by Gasteiger charge is -2.20. The highest BCUT2D eigenvalue weighted by Crippen LogP contribution is 2.20. The van der Waals surface area contributed by atoms with Gasteiger partial charge in [0.1, 0.15) is 0 Å². The molecule has 82 valence electrons. The SMILES string of the molecule is C[N+](C)(C)c1[nH]c(=O)[nH]c(=O)c1[N+](=O)[O-]. The molecule has 1 aromatic heterocycles. The Kier molecular flexibility index (Phi) is 2.46. The zero-order chi connectivity index (χ0) is 11.8.